The van der Waals surface area contributed by atoms with Crippen molar-refractivity contribution in [2.45, 2.75) is 57.7 Å². The molecule has 2 atom stereocenters. The molecule has 2 aromatic carbocycles. The summed E-state index contributed by atoms with van der Waals surface area (Å²) in [5, 5.41) is 7.66. The van der Waals surface area contributed by atoms with E-state index < -0.39 is 5.41 Å². The maximum absolute atomic E-state index is 14.4. The van der Waals surface area contributed by atoms with E-state index in [4.69, 9.17) is 9.84 Å². The molecule has 2 heterocycles. The lowest BCUT2D eigenvalue weighted by Gasteiger charge is -2.25. The molecule has 0 spiro atoms. The minimum atomic E-state index is -0.397. The quantitative estimate of drug-likeness (QED) is 0.436. The number of fused-ring (bicyclic) bond motifs is 1. The van der Waals surface area contributed by atoms with Gasteiger partial charge in [-0.2, -0.15) is 5.10 Å². The molecule has 3 aromatic rings. The van der Waals surface area contributed by atoms with Crippen molar-refractivity contribution in [2.24, 2.45) is 0 Å². The van der Waals surface area contributed by atoms with Gasteiger partial charge in [0.15, 0.2) is 0 Å². The van der Waals surface area contributed by atoms with Crippen LogP contribution >= 0.6 is 11.8 Å². The highest BCUT2D eigenvalue weighted by atomic mass is 32.2. The SMILES string of the molecule is CCC(C)NC(=O)CN1C(=O)CSC(c2cccc(F)c2)c2c(C(C)(C)C)nn(-c3ccc(OC)cc3)c21. The summed E-state index contributed by atoms with van der Waals surface area (Å²) in [6, 6.07) is 13.9. The van der Waals surface area contributed by atoms with Crippen LogP contribution in [-0.4, -0.2) is 47.0 Å². The minimum Gasteiger partial charge on any atom is -0.497 e. The van der Waals surface area contributed by atoms with Gasteiger partial charge in [-0.25, -0.2) is 9.07 Å². The molecule has 38 heavy (non-hydrogen) atoms. The van der Waals surface area contributed by atoms with Crippen molar-refractivity contribution in [3.63, 3.8) is 0 Å². The number of hydrogen-bond acceptors (Lipinski definition) is 5. The summed E-state index contributed by atoms with van der Waals surface area (Å²) in [6.45, 7) is 9.98. The van der Waals surface area contributed by atoms with E-state index in [1.165, 1.54) is 28.8 Å². The number of ether oxygens (including phenoxy) is 1. The average Bonchev–Trinajstić information content (AvgIpc) is 3.22. The number of thioether (sulfide) groups is 1. The molecule has 9 heteroatoms. The van der Waals surface area contributed by atoms with Crippen LogP contribution in [0.4, 0.5) is 10.2 Å². The van der Waals surface area contributed by atoms with Gasteiger partial charge >= 0.3 is 0 Å². The van der Waals surface area contributed by atoms with Gasteiger partial charge in [0.2, 0.25) is 11.8 Å². The number of methoxy groups -OCH3 is 1. The van der Waals surface area contributed by atoms with Crippen molar-refractivity contribution < 1.29 is 18.7 Å². The highest BCUT2D eigenvalue weighted by Crippen LogP contribution is 2.48. The first-order chi connectivity index (χ1) is 18.0. The Hall–Kier alpha value is -3.33. The van der Waals surface area contributed by atoms with Gasteiger partial charge in [-0.1, -0.05) is 39.8 Å². The Balaban J connectivity index is 1.98. The Morgan fingerprint density at radius 1 is 1.24 bits per heavy atom. The van der Waals surface area contributed by atoms with E-state index >= 15 is 0 Å². The van der Waals surface area contributed by atoms with Crippen LogP contribution in [0, 0.1) is 5.82 Å². The highest BCUT2D eigenvalue weighted by Gasteiger charge is 2.40. The summed E-state index contributed by atoms with van der Waals surface area (Å²) in [7, 11) is 1.60. The third kappa shape index (κ3) is 5.72. The summed E-state index contributed by atoms with van der Waals surface area (Å²) in [6.07, 6.45) is 0.778. The Labute approximate surface area is 227 Å². The number of carbonyl (C=O) groups is 2. The maximum Gasteiger partial charge on any atom is 0.240 e. The van der Waals surface area contributed by atoms with Gasteiger partial charge in [-0.15, -0.1) is 11.8 Å². The molecule has 0 saturated carbocycles. The number of anilines is 1. The number of nitrogens with zero attached hydrogens (tertiary/aromatic N) is 3. The summed E-state index contributed by atoms with van der Waals surface area (Å²) in [4.78, 5) is 28.2. The van der Waals surface area contributed by atoms with E-state index in [0.29, 0.717) is 11.6 Å². The Morgan fingerprint density at radius 3 is 2.55 bits per heavy atom. The average molecular weight is 539 g/mol. The molecule has 0 bridgehead atoms. The molecule has 1 aliphatic heterocycles. The Morgan fingerprint density at radius 2 is 1.95 bits per heavy atom. The Bertz CT molecular complexity index is 1320. The zero-order valence-corrected chi connectivity index (χ0v) is 23.6. The molecular formula is C29H35FN4O3S. The zero-order valence-electron chi connectivity index (χ0n) is 22.7. The molecule has 4 rings (SSSR count). The van der Waals surface area contributed by atoms with Gasteiger partial charge in [0.25, 0.3) is 0 Å². The lowest BCUT2D eigenvalue weighted by Crippen LogP contribution is -2.44. The first-order valence-electron chi connectivity index (χ1n) is 12.8. The molecule has 7 nitrogen and oxygen atoms in total. The third-order valence-electron chi connectivity index (χ3n) is 6.59. The minimum absolute atomic E-state index is 0.0184. The van der Waals surface area contributed by atoms with E-state index in [1.807, 2.05) is 44.2 Å². The van der Waals surface area contributed by atoms with E-state index in [2.05, 4.69) is 26.1 Å². The van der Waals surface area contributed by atoms with E-state index in [0.717, 1.165) is 28.9 Å². The van der Waals surface area contributed by atoms with Crippen LogP contribution in [0.5, 0.6) is 5.75 Å². The van der Waals surface area contributed by atoms with Crippen LogP contribution in [0.15, 0.2) is 48.5 Å². The lowest BCUT2D eigenvalue weighted by atomic mass is 9.87. The number of hydrogen-bond donors (Lipinski definition) is 1. The standard InChI is InChI=1S/C29H35FN4O3S/c1-7-18(2)31-23(35)16-33-24(36)17-38-26(19-9-8-10-20(30)15-19)25-27(29(3,4)5)32-34(28(25)33)21-11-13-22(37-6)14-12-21/h8-15,18,26H,7,16-17H2,1-6H3,(H,31,35). The predicted octanol–water partition coefficient (Wildman–Crippen LogP) is 5.40. The van der Waals surface area contributed by atoms with Gasteiger partial charge in [0.05, 0.1) is 29.5 Å². The molecular weight excluding hydrogens is 503 g/mol. The number of benzene rings is 2. The van der Waals surface area contributed by atoms with E-state index in [-0.39, 0.29) is 41.2 Å². The normalized spacial score (nSPS) is 16.6. The van der Waals surface area contributed by atoms with E-state index in [9.17, 15) is 14.0 Å². The smallest absolute Gasteiger partial charge is 0.240 e. The van der Waals surface area contributed by atoms with Crippen molar-refractivity contribution in [3.8, 4) is 11.4 Å². The van der Waals surface area contributed by atoms with Crippen molar-refractivity contribution in [3.05, 3.63) is 71.2 Å². The van der Waals surface area contributed by atoms with Crippen LogP contribution in [0.25, 0.3) is 5.69 Å². The molecule has 2 unspecified atom stereocenters. The molecule has 1 aromatic heterocycles. The molecule has 2 amide bonds. The molecule has 202 valence electrons. The number of rotatable bonds is 7. The van der Waals surface area contributed by atoms with Crippen molar-refractivity contribution >= 4 is 29.4 Å². The second-order valence-electron chi connectivity index (χ2n) is 10.5. The molecule has 1 aliphatic rings. The number of carbonyl (C=O) groups excluding carboxylic acids is 2. The topological polar surface area (TPSA) is 76.5 Å². The first-order valence-corrected chi connectivity index (χ1v) is 13.8. The molecule has 0 saturated heterocycles. The van der Waals surface area contributed by atoms with E-state index in [1.54, 1.807) is 17.9 Å². The first kappa shape index (κ1) is 27.7. The summed E-state index contributed by atoms with van der Waals surface area (Å²) >= 11 is 1.43. The van der Waals surface area contributed by atoms with Gasteiger partial charge in [-0.05, 0) is 55.3 Å². The van der Waals surface area contributed by atoms with Crippen LogP contribution in [0.2, 0.25) is 0 Å². The fraction of sp³-hybridized carbons (Fsp3) is 0.414. The van der Waals surface area contributed by atoms with Crippen LogP contribution < -0.4 is 15.0 Å². The van der Waals surface area contributed by atoms with Gasteiger partial charge in [0.1, 0.15) is 23.9 Å². The highest BCUT2D eigenvalue weighted by molar-refractivity contribution is 8.00. The number of amides is 2. The summed E-state index contributed by atoms with van der Waals surface area (Å²) < 4.78 is 21.5. The van der Waals surface area contributed by atoms with Crippen molar-refractivity contribution in [2.75, 3.05) is 24.3 Å². The Kier molecular flexibility index (Phi) is 8.16. The second kappa shape index (κ2) is 11.2. The fourth-order valence-corrected chi connectivity index (χ4v) is 5.66. The van der Waals surface area contributed by atoms with Gasteiger partial charge in [0, 0.05) is 17.0 Å². The van der Waals surface area contributed by atoms with Crippen LogP contribution in [-0.2, 0) is 15.0 Å². The second-order valence-corrected chi connectivity index (χ2v) is 11.6. The van der Waals surface area contributed by atoms with Gasteiger partial charge < -0.3 is 10.1 Å². The lowest BCUT2D eigenvalue weighted by molar-refractivity contribution is -0.123. The maximum atomic E-state index is 14.4. The zero-order chi connectivity index (χ0) is 27.6. The predicted molar refractivity (Wildman–Crippen MR) is 150 cm³/mol. The van der Waals surface area contributed by atoms with Crippen molar-refractivity contribution in [1.29, 1.82) is 0 Å². The largest absolute Gasteiger partial charge is 0.497 e. The number of halogens is 1. The fourth-order valence-electron chi connectivity index (χ4n) is 4.48. The van der Waals surface area contributed by atoms with Crippen LogP contribution in [0.1, 0.15) is 63.1 Å². The van der Waals surface area contributed by atoms with Gasteiger partial charge in [-0.3, -0.25) is 14.5 Å². The number of nitrogens with one attached hydrogen (secondary N) is 1. The summed E-state index contributed by atoms with van der Waals surface area (Å²) in [5.41, 5.74) is 2.67. The number of aromatic nitrogens is 2. The molecule has 0 fully saturated rings. The third-order valence-corrected chi connectivity index (χ3v) is 7.84. The molecule has 1 N–H and O–H groups in total. The molecule has 0 aliphatic carbocycles. The van der Waals surface area contributed by atoms with Crippen LogP contribution in [0.3, 0.4) is 0 Å². The molecule has 0 radical (unpaired) electrons. The summed E-state index contributed by atoms with van der Waals surface area (Å²) in [5.74, 6) is 0.571. The monoisotopic (exact) mass is 538 g/mol. The van der Waals surface area contributed by atoms with Crippen molar-refractivity contribution in [1.82, 2.24) is 15.1 Å².